The summed E-state index contributed by atoms with van der Waals surface area (Å²) in [7, 11) is 1.80. The number of benzene rings is 1. The van der Waals surface area contributed by atoms with Crippen molar-refractivity contribution in [3.05, 3.63) is 66.1 Å². The highest BCUT2D eigenvalue weighted by molar-refractivity contribution is 6.07. The van der Waals surface area contributed by atoms with Crippen molar-refractivity contribution in [1.29, 1.82) is 0 Å². The summed E-state index contributed by atoms with van der Waals surface area (Å²) >= 11 is 0. The number of ketones is 1. The molecule has 0 N–H and O–H groups in total. The van der Waals surface area contributed by atoms with Crippen molar-refractivity contribution in [2.24, 2.45) is 7.05 Å². The number of aromatic nitrogens is 4. The predicted octanol–water partition coefficient (Wildman–Crippen LogP) is 2.42. The molecule has 0 atom stereocenters. The summed E-state index contributed by atoms with van der Waals surface area (Å²) in [6.45, 7) is 1.90. The van der Waals surface area contributed by atoms with Crippen LogP contribution in [0, 0.1) is 6.92 Å². The van der Waals surface area contributed by atoms with Gasteiger partial charge in [-0.15, -0.1) is 0 Å². The summed E-state index contributed by atoms with van der Waals surface area (Å²) in [5.41, 5.74) is 3.08. The van der Waals surface area contributed by atoms with Gasteiger partial charge in [-0.2, -0.15) is 0 Å². The Morgan fingerprint density at radius 1 is 1.10 bits per heavy atom. The zero-order chi connectivity index (χ0) is 14.8. The van der Waals surface area contributed by atoms with Gasteiger partial charge in [0.15, 0.2) is 5.82 Å². The van der Waals surface area contributed by atoms with Crippen LogP contribution in [0.1, 0.15) is 21.9 Å². The van der Waals surface area contributed by atoms with Crippen molar-refractivity contribution in [1.82, 2.24) is 19.5 Å². The third kappa shape index (κ3) is 2.45. The van der Waals surface area contributed by atoms with Gasteiger partial charge >= 0.3 is 0 Å². The van der Waals surface area contributed by atoms with E-state index in [9.17, 15) is 4.79 Å². The highest BCUT2D eigenvalue weighted by Crippen LogP contribution is 2.21. The molecule has 0 aliphatic carbocycles. The van der Waals surface area contributed by atoms with Crippen LogP contribution >= 0.6 is 0 Å². The smallest absolute Gasteiger partial charge is 0.228 e. The first kappa shape index (κ1) is 13.2. The topological polar surface area (TPSA) is 60.7 Å². The lowest BCUT2D eigenvalue weighted by Crippen LogP contribution is -2.08. The quantitative estimate of drug-likeness (QED) is 0.690. The van der Waals surface area contributed by atoms with Crippen LogP contribution in [0.15, 0.2) is 49.1 Å². The minimum atomic E-state index is -0.106. The van der Waals surface area contributed by atoms with E-state index in [4.69, 9.17) is 0 Å². The van der Waals surface area contributed by atoms with E-state index < -0.39 is 0 Å². The molecule has 2 heterocycles. The van der Waals surface area contributed by atoms with Gasteiger partial charge in [0, 0.05) is 43.0 Å². The third-order valence-corrected chi connectivity index (χ3v) is 3.30. The lowest BCUT2D eigenvalue weighted by atomic mass is 10.0. The molecule has 3 rings (SSSR count). The molecule has 0 amide bonds. The molecule has 0 saturated carbocycles. The van der Waals surface area contributed by atoms with Crippen molar-refractivity contribution < 1.29 is 4.79 Å². The number of aryl methyl sites for hydroxylation is 2. The van der Waals surface area contributed by atoms with Gasteiger partial charge in [0.25, 0.3) is 0 Å². The van der Waals surface area contributed by atoms with Gasteiger partial charge in [-0.05, 0) is 13.0 Å². The molecular weight excluding hydrogens is 264 g/mol. The summed E-state index contributed by atoms with van der Waals surface area (Å²) in [5, 5.41) is 0. The maximum absolute atomic E-state index is 12.5. The fourth-order valence-corrected chi connectivity index (χ4v) is 2.21. The standard InChI is InChI=1S/C16H14N4O/c1-11-14(18-7-6-17-11)12-4-3-5-13(10-12)15(21)16-19-8-9-20(16)2/h3-10H,1-2H3. The third-order valence-electron chi connectivity index (χ3n) is 3.30. The Morgan fingerprint density at radius 2 is 1.90 bits per heavy atom. The number of rotatable bonds is 3. The largest absolute Gasteiger partial charge is 0.331 e. The van der Waals surface area contributed by atoms with Gasteiger partial charge in [-0.3, -0.25) is 14.8 Å². The first-order valence-corrected chi connectivity index (χ1v) is 6.57. The molecule has 0 aliphatic heterocycles. The second-order valence-corrected chi connectivity index (χ2v) is 4.76. The monoisotopic (exact) mass is 278 g/mol. The molecule has 5 heteroatoms. The number of nitrogens with zero attached hydrogens (tertiary/aromatic N) is 4. The molecule has 104 valence electrons. The number of hydrogen-bond acceptors (Lipinski definition) is 4. The van der Waals surface area contributed by atoms with Crippen LogP contribution in [0.3, 0.4) is 0 Å². The predicted molar refractivity (Wildman–Crippen MR) is 78.8 cm³/mol. The zero-order valence-corrected chi connectivity index (χ0v) is 11.8. The molecule has 2 aromatic heterocycles. The summed E-state index contributed by atoms with van der Waals surface area (Å²) in [5.74, 6) is 0.314. The maximum atomic E-state index is 12.5. The average molecular weight is 278 g/mol. The number of hydrogen-bond donors (Lipinski definition) is 0. The van der Waals surface area contributed by atoms with Crippen LogP contribution in [0.4, 0.5) is 0 Å². The van der Waals surface area contributed by atoms with E-state index >= 15 is 0 Å². The van der Waals surface area contributed by atoms with E-state index in [-0.39, 0.29) is 5.78 Å². The van der Waals surface area contributed by atoms with Crippen molar-refractivity contribution in [2.45, 2.75) is 6.92 Å². The molecule has 1 aromatic carbocycles. The number of carbonyl (C=O) groups is 1. The highest BCUT2D eigenvalue weighted by Gasteiger charge is 2.15. The minimum absolute atomic E-state index is 0.106. The molecule has 0 aliphatic rings. The minimum Gasteiger partial charge on any atom is -0.331 e. The molecule has 0 bridgehead atoms. The van der Waals surface area contributed by atoms with E-state index in [1.54, 1.807) is 42.5 Å². The van der Waals surface area contributed by atoms with Crippen molar-refractivity contribution >= 4 is 5.78 Å². The van der Waals surface area contributed by atoms with E-state index in [0.29, 0.717) is 11.4 Å². The lowest BCUT2D eigenvalue weighted by Gasteiger charge is -2.06. The summed E-state index contributed by atoms with van der Waals surface area (Å²) < 4.78 is 1.71. The summed E-state index contributed by atoms with van der Waals surface area (Å²) in [4.78, 5) is 25.1. The van der Waals surface area contributed by atoms with Crippen LogP contribution in [-0.4, -0.2) is 25.3 Å². The molecule has 0 unspecified atom stereocenters. The Kier molecular flexibility index (Phi) is 3.31. The molecular formula is C16H14N4O. The molecule has 3 aromatic rings. The fourth-order valence-electron chi connectivity index (χ4n) is 2.21. The molecule has 0 saturated heterocycles. The normalized spacial score (nSPS) is 10.6. The van der Waals surface area contributed by atoms with Crippen LogP contribution < -0.4 is 0 Å². The molecule has 0 spiro atoms. The van der Waals surface area contributed by atoms with Crippen molar-refractivity contribution in [3.63, 3.8) is 0 Å². The molecule has 0 radical (unpaired) electrons. The second kappa shape index (κ2) is 5.28. The van der Waals surface area contributed by atoms with Gasteiger partial charge in [0.1, 0.15) is 0 Å². The first-order chi connectivity index (χ1) is 10.2. The SMILES string of the molecule is Cc1nccnc1-c1cccc(C(=O)c2nccn2C)c1. The van der Waals surface area contributed by atoms with E-state index in [0.717, 1.165) is 17.0 Å². The Morgan fingerprint density at radius 3 is 2.62 bits per heavy atom. The number of imidazole rings is 1. The van der Waals surface area contributed by atoms with Gasteiger partial charge in [0.2, 0.25) is 5.78 Å². The van der Waals surface area contributed by atoms with Crippen LogP contribution in [0.2, 0.25) is 0 Å². The van der Waals surface area contributed by atoms with Gasteiger partial charge in [0.05, 0.1) is 11.4 Å². The van der Waals surface area contributed by atoms with Crippen LogP contribution in [0.5, 0.6) is 0 Å². The second-order valence-electron chi connectivity index (χ2n) is 4.76. The van der Waals surface area contributed by atoms with Crippen LogP contribution in [-0.2, 0) is 7.05 Å². The van der Waals surface area contributed by atoms with Crippen LogP contribution in [0.25, 0.3) is 11.3 Å². The maximum Gasteiger partial charge on any atom is 0.228 e. The Hall–Kier alpha value is -2.82. The first-order valence-electron chi connectivity index (χ1n) is 6.57. The van der Waals surface area contributed by atoms with E-state index in [1.165, 1.54) is 0 Å². The van der Waals surface area contributed by atoms with Gasteiger partial charge in [-0.25, -0.2) is 4.98 Å². The lowest BCUT2D eigenvalue weighted by molar-refractivity contribution is 0.102. The Bertz CT molecular complexity index is 807. The van der Waals surface area contributed by atoms with Gasteiger partial charge < -0.3 is 4.57 Å². The Balaban J connectivity index is 2.03. The average Bonchev–Trinajstić information content (AvgIpc) is 2.93. The fraction of sp³-hybridized carbons (Fsp3) is 0.125. The summed E-state index contributed by atoms with van der Waals surface area (Å²) in [6, 6.07) is 7.38. The van der Waals surface area contributed by atoms with Gasteiger partial charge in [-0.1, -0.05) is 18.2 Å². The highest BCUT2D eigenvalue weighted by atomic mass is 16.1. The molecule has 5 nitrogen and oxygen atoms in total. The summed E-state index contributed by atoms with van der Waals surface area (Å²) in [6.07, 6.45) is 6.67. The van der Waals surface area contributed by atoms with Crippen molar-refractivity contribution in [3.8, 4) is 11.3 Å². The zero-order valence-electron chi connectivity index (χ0n) is 11.8. The van der Waals surface area contributed by atoms with E-state index in [2.05, 4.69) is 15.0 Å². The van der Waals surface area contributed by atoms with E-state index in [1.807, 2.05) is 25.1 Å². The number of carbonyl (C=O) groups excluding carboxylic acids is 1. The van der Waals surface area contributed by atoms with Crippen molar-refractivity contribution in [2.75, 3.05) is 0 Å². The molecule has 21 heavy (non-hydrogen) atoms. The molecule has 0 fully saturated rings. The Labute approximate surface area is 122 Å².